The van der Waals surface area contributed by atoms with Gasteiger partial charge in [-0.1, -0.05) is 0 Å². The van der Waals surface area contributed by atoms with Crippen LogP contribution in [0.3, 0.4) is 0 Å². The molecule has 1 atom stereocenters. The van der Waals surface area contributed by atoms with Crippen molar-refractivity contribution in [2.24, 2.45) is 0 Å². The number of nitrogens with zero attached hydrogens (tertiary/aromatic N) is 1. The van der Waals surface area contributed by atoms with Crippen molar-refractivity contribution < 1.29 is 23.8 Å². The zero-order valence-electron chi connectivity index (χ0n) is 8.17. The van der Waals surface area contributed by atoms with E-state index in [1.54, 1.807) is 21.0 Å². The van der Waals surface area contributed by atoms with Crippen LogP contribution in [0.15, 0.2) is 0 Å². The normalized spacial score (nSPS) is 14.6. The maximum Gasteiger partial charge on any atom is 0.374 e. The van der Waals surface area contributed by atoms with E-state index in [0.29, 0.717) is 6.54 Å². The zero-order valence-corrected chi connectivity index (χ0v) is 9.07. The molecule has 0 radical (unpaired) electrons. The van der Waals surface area contributed by atoms with Gasteiger partial charge in [-0.25, -0.2) is 9.13 Å². The van der Waals surface area contributed by atoms with E-state index in [0.717, 1.165) is 0 Å². The van der Waals surface area contributed by atoms with Crippen molar-refractivity contribution in [1.29, 1.82) is 0 Å². The molecule has 78 valence electrons. The molecule has 6 heteroatoms. The van der Waals surface area contributed by atoms with Crippen molar-refractivity contribution >= 4 is 7.68 Å². The van der Waals surface area contributed by atoms with Gasteiger partial charge in [0.25, 0.3) is 0 Å². The van der Waals surface area contributed by atoms with Gasteiger partial charge in [-0.2, -0.15) is 0 Å². The molecule has 0 rings (SSSR count). The van der Waals surface area contributed by atoms with Gasteiger partial charge in [0, 0.05) is 13.3 Å². The van der Waals surface area contributed by atoms with Gasteiger partial charge < -0.3 is 14.7 Å². The molecular weight excluding hydrogens is 193 g/mol. The average molecular weight is 210 g/mol. The molecule has 2 N–H and O–H groups in total. The molecule has 0 heterocycles. The topological polar surface area (TPSA) is 74.6 Å². The maximum atomic E-state index is 10.7. The Morgan fingerprint density at radius 1 is 1.31 bits per heavy atom. The van der Waals surface area contributed by atoms with Gasteiger partial charge in [0.05, 0.1) is 20.6 Å². The first-order chi connectivity index (χ1) is 5.77. The monoisotopic (exact) mass is 210 g/mol. The summed E-state index contributed by atoms with van der Waals surface area (Å²) in [5, 5.41) is 17.3. The van der Waals surface area contributed by atoms with Gasteiger partial charge in [-0.05, 0) is 0 Å². The van der Waals surface area contributed by atoms with Crippen LogP contribution < -0.4 is 0 Å². The fourth-order valence-corrected chi connectivity index (χ4v) is 1.52. The van der Waals surface area contributed by atoms with E-state index >= 15 is 0 Å². The smallest absolute Gasteiger partial charge is 0.368 e. The third-order valence-corrected chi connectivity index (χ3v) is 3.52. The van der Waals surface area contributed by atoms with Gasteiger partial charge in [0.1, 0.15) is 0 Å². The number of aliphatic hydroxyl groups excluding tert-OH is 1. The average Bonchev–Trinajstić information content (AvgIpc) is 1.99. The summed E-state index contributed by atoms with van der Waals surface area (Å²) < 4.78 is 21.6. The third kappa shape index (κ3) is 4.52. The van der Waals surface area contributed by atoms with Gasteiger partial charge in [-0.3, -0.25) is 0 Å². The fraction of sp³-hybridized carbons (Fsp3) is 1.00. The minimum atomic E-state index is -2.47. The molecule has 0 amide bonds. The number of quaternary nitrogens is 1. The highest BCUT2D eigenvalue weighted by Crippen LogP contribution is 2.22. The molecule has 0 aliphatic rings. The van der Waals surface area contributed by atoms with Crippen molar-refractivity contribution in [1.82, 2.24) is 0 Å². The van der Waals surface area contributed by atoms with Crippen LogP contribution in [0.25, 0.3) is 0 Å². The first-order valence-electron chi connectivity index (χ1n) is 4.09. The van der Waals surface area contributed by atoms with Crippen LogP contribution in [0.1, 0.15) is 13.3 Å². The largest absolute Gasteiger partial charge is 0.374 e. The van der Waals surface area contributed by atoms with Crippen LogP contribution in [-0.2, 0) is 9.13 Å². The standard InChI is InChI=1S/C7H17NO4P/c1-6(13(11)12)8(2,3)5-4-7(9)10/h6-7,9-10H,4-5H2,1-3H3/q+1. The van der Waals surface area contributed by atoms with Gasteiger partial charge in [0.2, 0.25) is 0 Å². The summed E-state index contributed by atoms with van der Waals surface area (Å²) in [6.45, 7) is 2.03. The Morgan fingerprint density at radius 2 is 1.77 bits per heavy atom. The molecule has 0 saturated heterocycles. The van der Waals surface area contributed by atoms with Crippen LogP contribution in [0.4, 0.5) is 0 Å². The Bertz CT molecular complexity index is 217. The van der Waals surface area contributed by atoms with Gasteiger partial charge >= 0.3 is 7.68 Å². The molecule has 0 aliphatic heterocycles. The molecule has 5 nitrogen and oxygen atoms in total. The highest BCUT2D eigenvalue weighted by atomic mass is 31.1. The van der Waals surface area contributed by atoms with Gasteiger partial charge in [0.15, 0.2) is 12.1 Å². The summed E-state index contributed by atoms with van der Waals surface area (Å²) in [7, 11) is 1.02. The van der Waals surface area contributed by atoms with Crippen molar-refractivity contribution in [3.8, 4) is 0 Å². The summed E-state index contributed by atoms with van der Waals surface area (Å²) in [6, 6.07) is 0. The van der Waals surface area contributed by atoms with Crippen molar-refractivity contribution in [3.05, 3.63) is 0 Å². The van der Waals surface area contributed by atoms with Crippen LogP contribution in [0.5, 0.6) is 0 Å². The summed E-state index contributed by atoms with van der Waals surface area (Å²) in [6.07, 6.45) is -1.19. The molecular formula is C7H17NO4P+. The summed E-state index contributed by atoms with van der Waals surface area (Å²) in [5.41, 5.74) is 0. The zero-order chi connectivity index (χ0) is 10.6. The Morgan fingerprint density at radius 3 is 2.08 bits per heavy atom. The van der Waals surface area contributed by atoms with Crippen molar-refractivity contribution in [2.75, 3.05) is 20.6 Å². The lowest BCUT2D eigenvalue weighted by Gasteiger charge is -2.32. The maximum absolute atomic E-state index is 10.7. The SMILES string of the molecule is CC(P(=O)=O)[N+](C)(C)CCC(O)O. The van der Waals surface area contributed by atoms with E-state index in [9.17, 15) is 9.13 Å². The van der Waals surface area contributed by atoms with Crippen LogP contribution in [0.2, 0.25) is 0 Å². The molecule has 0 bridgehead atoms. The molecule has 13 heavy (non-hydrogen) atoms. The minimum absolute atomic E-state index is 0.181. The molecule has 0 fully saturated rings. The Hall–Kier alpha value is -0.220. The lowest BCUT2D eigenvalue weighted by atomic mass is 10.3. The summed E-state index contributed by atoms with van der Waals surface area (Å²) >= 11 is 0. The van der Waals surface area contributed by atoms with E-state index in [2.05, 4.69) is 0 Å². The molecule has 0 saturated carbocycles. The second-order valence-electron chi connectivity index (χ2n) is 3.69. The lowest BCUT2D eigenvalue weighted by molar-refractivity contribution is -0.900. The third-order valence-electron chi connectivity index (χ3n) is 2.28. The van der Waals surface area contributed by atoms with E-state index in [1.807, 2.05) is 0 Å². The van der Waals surface area contributed by atoms with Crippen molar-refractivity contribution in [3.63, 3.8) is 0 Å². The minimum Gasteiger partial charge on any atom is -0.368 e. The number of hydrogen-bond donors (Lipinski definition) is 2. The van der Waals surface area contributed by atoms with Gasteiger partial charge in [-0.15, -0.1) is 0 Å². The molecule has 0 aliphatic carbocycles. The number of rotatable bonds is 5. The Labute approximate surface area is 78.4 Å². The lowest BCUT2D eigenvalue weighted by Crippen LogP contribution is -2.46. The Kier molecular flexibility index (Phi) is 4.78. The molecule has 0 spiro atoms. The predicted molar refractivity (Wildman–Crippen MR) is 47.6 cm³/mol. The van der Waals surface area contributed by atoms with Crippen molar-refractivity contribution in [2.45, 2.75) is 25.4 Å². The van der Waals surface area contributed by atoms with E-state index < -0.39 is 19.8 Å². The van der Waals surface area contributed by atoms with Crippen LogP contribution >= 0.6 is 7.68 Å². The quantitative estimate of drug-likeness (QED) is 0.388. The number of aliphatic hydroxyl groups is 2. The molecule has 0 aromatic carbocycles. The first-order valence-corrected chi connectivity index (χ1v) is 5.34. The predicted octanol–water partition coefficient (Wildman–Crippen LogP) is 0.283. The summed E-state index contributed by atoms with van der Waals surface area (Å²) in [4.78, 5) is 0. The molecule has 0 aromatic heterocycles. The number of hydrogen-bond acceptors (Lipinski definition) is 4. The molecule has 0 aromatic rings. The Balaban J connectivity index is 4.22. The van der Waals surface area contributed by atoms with Crippen LogP contribution in [0, 0.1) is 0 Å². The second kappa shape index (κ2) is 4.86. The van der Waals surface area contributed by atoms with E-state index in [-0.39, 0.29) is 10.9 Å². The van der Waals surface area contributed by atoms with Crippen LogP contribution in [-0.4, -0.2) is 47.4 Å². The first kappa shape index (κ1) is 12.8. The van der Waals surface area contributed by atoms with E-state index in [4.69, 9.17) is 10.2 Å². The fourth-order valence-electron chi connectivity index (χ4n) is 0.890. The highest BCUT2D eigenvalue weighted by Gasteiger charge is 2.28. The molecule has 1 unspecified atom stereocenters. The van der Waals surface area contributed by atoms with E-state index in [1.165, 1.54) is 0 Å². The summed E-state index contributed by atoms with van der Waals surface area (Å²) in [5.74, 6) is -0.506. The second-order valence-corrected chi connectivity index (χ2v) is 5.01. The highest BCUT2D eigenvalue weighted by molar-refractivity contribution is 7.31.